The van der Waals surface area contributed by atoms with Gasteiger partial charge in [0.05, 0.1) is 6.10 Å². The van der Waals surface area contributed by atoms with E-state index in [0.717, 1.165) is 18.6 Å². The molecular formula is C11H14NO2P. The molecule has 0 aromatic heterocycles. The molecule has 1 N–H and O–H groups in total. The van der Waals surface area contributed by atoms with E-state index >= 15 is 0 Å². The molecule has 4 heteroatoms. The summed E-state index contributed by atoms with van der Waals surface area (Å²) in [5, 5.41) is 3.07. The normalized spacial score (nSPS) is 28.1. The van der Waals surface area contributed by atoms with E-state index in [-0.39, 0.29) is 6.10 Å². The summed E-state index contributed by atoms with van der Waals surface area (Å²) in [7, 11) is 0.949. The lowest BCUT2D eigenvalue weighted by atomic mass is 9.89. The first-order valence-electron chi connectivity index (χ1n) is 5.32. The topological polar surface area (TPSA) is 30.5 Å². The van der Waals surface area contributed by atoms with Gasteiger partial charge >= 0.3 is 8.53 Å². The molecule has 0 spiro atoms. The van der Waals surface area contributed by atoms with Crippen molar-refractivity contribution >= 4 is 8.53 Å². The smallest absolute Gasteiger partial charge is 0.318 e. The summed E-state index contributed by atoms with van der Waals surface area (Å²) in [4.78, 5) is 0. The van der Waals surface area contributed by atoms with Crippen LogP contribution in [-0.4, -0.2) is 7.05 Å². The largest absolute Gasteiger partial charge is 0.435 e. The average Bonchev–Trinajstić information content (AvgIpc) is 2.29. The summed E-state index contributed by atoms with van der Waals surface area (Å²) < 4.78 is 11.6. The molecule has 0 fully saturated rings. The Bertz CT molecular complexity index is 383. The van der Waals surface area contributed by atoms with Gasteiger partial charge in [0, 0.05) is 5.56 Å². The molecule has 0 amide bonds. The summed E-state index contributed by atoms with van der Waals surface area (Å²) in [5.74, 6) is 1.02. The maximum atomic E-state index is 5.87. The summed E-state index contributed by atoms with van der Waals surface area (Å²) in [6.45, 7) is 0. The van der Waals surface area contributed by atoms with Crippen molar-refractivity contribution in [3.05, 3.63) is 29.3 Å². The van der Waals surface area contributed by atoms with Crippen molar-refractivity contribution in [1.82, 2.24) is 5.09 Å². The highest BCUT2D eigenvalue weighted by molar-refractivity contribution is 7.45. The minimum atomic E-state index is -0.930. The molecule has 0 radical (unpaired) electrons. The highest BCUT2D eigenvalue weighted by atomic mass is 31.2. The average molecular weight is 223 g/mol. The number of hydrogen-bond acceptors (Lipinski definition) is 3. The number of aryl methyl sites for hydroxylation is 1. The Labute approximate surface area is 90.8 Å². The SMILES string of the molecule is CNP1Oc2cccc3c2C(CCC3)O1. The third-order valence-electron chi connectivity index (χ3n) is 2.98. The number of nitrogens with one attached hydrogen (secondary N) is 1. The highest BCUT2D eigenvalue weighted by Crippen LogP contribution is 2.52. The van der Waals surface area contributed by atoms with Crippen LogP contribution < -0.4 is 9.61 Å². The van der Waals surface area contributed by atoms with Gasteiger partial charge in [-0.2, -0.15) is 0 Å². The number of benzene rings is 1. The quantitative estimate of drug-likeness (QED) is 0.742. The van der Waals surface area contributed by atoms with Crippen molar-refractivity contribution in [2.45, 2.75) is 25.4 Å². The van der Waals surface area contributed by atoms with Gasteiger partial charge in [-0.1, -0.05) is 12.1 Å². The molecule has 1 aliphatic carbocycles. The Balaban J connectivity index is 2.06. The van der Waals surface area contributed by atoms with Crippen molar-refractivity contribution in [3.63, 3.8) is 0 Å². The summed E-state index contributed by atoms with van der Waals surface area (Å²) in [5.41, 5.74) is 2.69. The third kappa shape index (κ3) is 1.55. The fraction of sp³-hybridized carbons (Fsp3) is 0.455. The predicted molar refractivity (Wildman–Crippen MR) is 59.8 cm³/mol. The monoisotopic (exact) mass is 223 g/mol. The molecule has 2 unspecified atom stereocenters. The molecule has 1 aliphatic heterocycles. The second-order valence-electron chi connectivity index (χ2n) is 3.89. The van der Waals surface area contributed by atoms with Gasteiger partial charge in [-0.15, -0.1) is 0 Å². The molecule has 2 aliphatic rings. The van der Waals surface area contributed by atoms with Gasteiger partial charge in [-0.25, -0.2) is 5.09 Å². The van der Waals surface area contributed by atoms with Crippen molar-refractivity contribution in [2.75, 3.05) is 7.05 Å². The summed E-state index contributed by atoms with van der Waals surface area (Å²) >= 11 is 0. The molecule has 3 nitrogen and oxygen atoms in total. The second-order valence-corrected chi connectivity index (χ2v) is 5.24. The first kappa shape index (κ1) is 9.59. The van der Waals surface area contributed by atoms with Crippen LogP contribution in [0.3, 0.4) is 0 Å². The minimum Gasteiger partial charge on any atom is -0.435 e. The van der Waals surface area contributed by atoms with Crippen molar-refractivity contribution in [1.29, 1.82) is 0 Å². The molecule has 80 valence electrons. The van der Waals surface area contributed by atoms with Gasteiger partial charge < -0.3 is 9.05 Å². The van der Waals surface area contributed by atoms with Crippen LogP contribution >= 0.6 is 8.53 Å². The Kier molecular flexibility index (Phi) is 2.39. The Hall–Kier alpha value is -0.630. The van der Waals surface area contributed by atoms with Crippen LogP contribution in [0.1, 0.15) is 30.1 Å². The standard InChI is InChI=1S/C11H14NO2P/c1-12-15-13-9-6-2-4-8-5-3-7-10(14-15)11(8)9/h2,4,6,10,12H,3,5,7H2,1H3. The van der Waals surface area contributed by atoms with E-state index in [1.807, 2.05) is 13.1 Å². The van der Waals surface area contributed by atoms with Gasteiger partial charge in [-0.3, -0.25) is 0 Å². The number of rotatable bonds is 1. The number of hydrogen-bond donors (Lipinski definition) is 1. The highest BCUT2D eigenvalue weighted by Gasteiger charge is 2.33. The molecule has 1 aromatic carbocycles. The maximum Gasteiger partial charge on any atom is 0.318 e. The lowest BCUT2D eigenvalue weighted by Gasteiger charge is -2.34. The minimum absolute atomic E-state index is 0.247. The van der Waals surface area contributed by atoms with E-state index in [4.69, 9.17) is 9.05 Å². The van der Waals surface area contributed by atoms with Crippen molar-refractivity contribution in [3.8, 4) is 5.75 Å². The van der Waals surface area contributed by atoms with Gasteiger partial charge in [0.25, 0.3) is 0 Å². The molecule has 0 saturated heterocycles. The van der Waals surface area contributed by atoms with Crippen LogP contribution in [0.2, 0.25) is 0 Å². The Morgan fingerprint density at radius 3 is 3.27 bits per heavy atom. The molecule has 3 rings (SSSR count). The fourth-order valence-corrected chi connectivity index (χ4v) is 3.32. The lowest BCUT2D eigenvalue weighted by Crippen LogP contribution is -2.21. The van der Waals surface area contributed by atoms with Crippen LogP contribution in [0.5, 0.6) is 5.75 Å². The Morgan fingerprint density at radius 1 is 1.47 bits per heavy atom. The fourth-order valence-electron chi connectivity index (χ4n) is 2.30. The Morgan fingerprint density at radius 2 is 2.40 bits per heavy atom. The second kappa shape index (κ2) is 3.75. The lowest BCUT2D eigenvalue weighted by molar-refractivity contribution is 0.163. The maximum absolute atomic E-state index is 5.87. The molecule has 2 atom stereocenters. The van der Waals surface area contributed by atoms with E-state index in [2.05, 4.69) is 17.2 Å². The van der Waals surface area contributed by atoms with Gasteiger partial charge in [0.15, 0.2) is 0 Å². The molecule has 0 saturated carbocycles. The van der Waals surface area contributed by atoms with Crippen LogP contribution in [0.15, 0.2) is 18.2 Å². The molecule has 15 heavy (non-hydrogen) atoms. The van der Waals surface area contributed by atoms with Gasteiger partial charge in [0.1, 0.15) is 5.75 Å². The third-order valence-corrected chi connectivity index (χ3v) is 4.15. The molecular weight excluding hydrogens is 209 g/mol. The summed E-state index contributed by atoms with van der Waals surface area (Å²) in [6, 6.07) is 6.31. The van der Waals surface area contributed by atoms with E-state index in [1.165, 1.54) is 17.5 Å². The van der Waals surface area contributed by atoms with Crippen molar-refractivity contribution < 1.29 is 9.05 Å². The summed E-state index contributed by atoms with van der Waals surface area (Å²) in [6.07, 6.45) is 3.74. The predicted octanol–water partition coefficient (Wildman–Crippen LogP) is 2.92. The first-order valence-corrected chi connectivity index (χ1v) is 6.50. The zero-order valence-electron chi connectivity index (χ0n) is 8.69. The molecule has 0 bridgehead atoms. The van der Waals surface area contributed by atoms with E-state index in [1.54, 1.807) is 0 Å². The van der Waals surface area contributed by atoms with Crippen LogP contribution in [0, 0.1) is 0 Å². The first-order chi connectivity index (χ1) is 7.38. The molecule has 1 heterocycles. The van der Waals surface area contributed by atoms with Crippen LogP contribution in [0.4, 0.5) is 0 Å². The zero-order valence-corrected chi connectivity index (χ0v) is 9.59. The van der Waals surface area contributed by atoms with Gasteiger partial charge in [-0.05, 0) is 37.9 Å². The van der Waals surface area contributed by atoms with E-state index < -0.39 is 8.53 Å². The van der Waals surface area contributed by atoms with E-state index in [0.29, 0.717) is 0 Å². The van der Waals surface area contributed by atoms with Crippen molar-refractivity contribution in [2.24, 2.45) is 0 Å². The van der Waals surface area contributed by atoms with Crippen LogP contribution in [-0.2, 0) is 10.9 Å². The zero-order chi connectivity index (χ0) is 10.3. The molecule has 1 aromatic rings. The van der Waals surface area contributed by atoms with Crippen LogP contribution in [0.25, 0.3) is 0 Å². The van der Waals surface area contributed by atoms with E-state index in [9.17, 15) is 0 Å². The van der Waals surface area contributed by atoms with Gasteiger partial charge in [0.2, 0.25) is 0 Å².